The summed E-state index contributed by atoms with van der Waals surface area (Å²) in [5.74, 6) is -1.22. The van der Waals surface area contributed by atoms with Gasteiger partial charge in [0.1, 0.15) is 6.20 Å². The van der Waals surface area contributed by atoms with Crippen LogP contribution in [0.2, 0.25) is 0 Å². The number of pyridine rings is 1. The van der Waals surface area contributed by atoms with Crippen molar-refractivity contribution in [2.45, 2.75) is 13.1 Å². The number of rotatable bonds is 1. The predicted octanol–water partition coefficient (Wildman–Crippen LogP) is 2.19. The van der Waals surface area contributed by atoms with Crippen molar-refractivity contribution >= 4 is 16.9 Å². The molecular formula is C8H5F3N4O2. The highest BCUT2D eigenvalue weighted by Gasteiger charge is 2.35. The van der Waals surface area contributed by atoms with Gasteiger partial charge in [0.2, 0.25) is 5.82 Å². The Morgan fingerprint density at radius 1 is 1.47 bits per heavy atom. The Hall–Kier alpha value is -2.19. The zero-order valence-corrected chi connectivity index (χ0v) is 8.37. The summed E-state index contributed by atoms with van der Waals surface area (Å²) in [5, 5.41) is 10.6. The van der Waals surface area contributed by atoms with Gasteiger partial charge in [-0.3, -0.25) is 10.1 Å². The van der Waals surface area contributed by atoms with Gasteiger partial charge in [0, 0.05) is 0 Å². The fourth-order valence-corrected chi connectivity index (χ4v) is 1.38. The molecule has 0 saturated heterocycles. The first kappa shape index (κ1) is 11.3. The van der Waals surface area contributed by atoms with E-state index in [1.807, 2.05) is 4.98 Å². The minimum absolute atomic E-state index is 0.0722. The van der Waals surface area contributed by atoms with Crippen LogP contribution >= 0.6 is 0 Å². The maximum atomic E-state index is 12.4. The summed E-state index contributed by atoms with van der Waals surface area (Å²) >= 11 is 0. The first-order valence-corrected chi connectivity index (χ1v) is 4.37. The third-order valence-corrected chi connectivity index (χ3v) is 2.22. The third kappa shape index (κ3) is 1.79. The molecule has 0 bridgehead atoms. The Morgan fingerprint density at radius 2 is 2.12 bits per heavy atom. The number of hydrogen-bond acceptors (Lipinski definition) is 4. The number of halogens is 3. The second kappa shape index (κ2) is 3.40. The number of alkyl halides is 3. The van der Waals surface area contributed by atoms with Crippen LogP contribution in [-0.4, -0.2) is 19.9 Å². The molecule has 0 unspecified atom stereocenters. The van der Waals surface area contributed by atoms with E-state index in [1.165, 1.54) is 6.92 Å². The van der Waals surface area contributed by atoms with Crippen LogP contribution in [0.25, 0.3) is 11.2 Å². The molecule has 0 spiro atoms. The molecule has 0 aromatic carbocycles. The van der Waals surface area contributed by atoms with Gasteiger partial charge in [-0.15, -0.1) is 0 Å². The van der Waals surface area contributed by atoms with Gasteiger partial charge >= 0.3 is 6.18 Å². The van der Waals surface area contributed by atoms with Crippen LogP contribution in [0.4, 0.5) is 18.9 Å². The van der Waals surface area contributed by atoms with Crippen molar-refractivity contribution in [3.8, 4) is 0 Å². The van der Waals surface area contributed by atoms with Crippen LogP contribution in [0.15, 0.2) is 6.20 Å². The van der Waals surface area contributed by atoms with Crippen LogP contribution in [-0.2, 0) is 6.18 Å². The molecule has 6 nitrogen and oxygen atoms in total. The first-order chi connectivity index (χ1) is 7.80. The number of nitrogens with one attached hydrogen (secondary N) is 1. The minimum atomic E-state index is -4.64. The first-order valence-electron chi connectivity index (χ1n) is 4.37. The molecule has 0 aliphatic rings. The fourth-order valence-electron chi connectivity index (χ4n) is 1.38. The van der Waals surface area contributed by atoms with E-state index in [-0.39, 0.29) is 22.4 Å². The summed E-state index contributed by atoms with van der Waals surface area (Å²) in [7, 11) is 0. The molecule has 0 radical (unpaired) electrons. The zero-order valence-electron chi connectivity index (χ0n) is 8.37. The van der Waals surface area contributed by atoms with Crippen LogP contribution in [0.5, 0.6) is 0 Å². The van der Waals surface area contributed by atoms with Crippen molar-refractivity contribution < 1.29 is 18.1 Å². The molecule has 9 heteroatoms. The van der Waals surface area contributed by atoms with Gasteiger partial charge in [-0.1, -0.05) is 0 Å². The summed E-state index contributed by atoms with van der Waals surface area (Å²) in [6.07, 6.45) is -3.75. The number of nitro groups is 1. The van der Waals surface area contributed by atoms with E-state index in [4.69, 9.17) is 0 Å². The van der Waals surface area contributed by atoms with Gasteiger partial charge in [0.25, 0.3) is 5.69 Å². The number of imidazole rings is 1. The van der Waals surface area contributed by atoms with E-state index in [0.717, 1.165) is 6.20 Å². The molecule has 2 heterocycles. The Morgan fingerprint density at radius 3 is 2.65 bits per heavy atom. The number of H-pyrrole nitrogens is 1. The van der Waals surface area contributed by atoms with Gasteiger partial charge < -0.3 is 4.98 Å². The molecule has 2 aromatic rings. The molecular weight excluding hydrogens is 241 g/mol. The summed E-state index contributed by atoms with van der Waals surface area (Å²) in [4.78, 5) is 18.6. The number of hydrogen-bond donors (Lipinski definition) is 1. The van der Waals surface area contributed by atoms with Crippen molar-refractivity contribution in [3.05, 3.63) is 27.7 Å². The van der Waals surface area contributed by atoms with Crippen molar-refractivity contribution in [1.82, 2.24) is 15.0 Å². The standard InChI is InChI=1S/C8H5F3N4O2/c1-3-4(15(16)17)2-12-6-5(3)13-7(14-6)8(9,10)11/h2H,1H3,(H,12,13,14). The van der Waals surface area contributed by atoms with Crippen molar-refractivity contribution in [2.24, 2.45) is 0 Å². The predicted molar refractivity (Wildman–Crippen MR) is 50.3 cm³/mol. The molecule has 0 aliphatic carbocycles. The maximum absolute atomic E-state index is 12.4. The van der Waals surface area contributed by atoms with Crippen molar-refractivity contribution in [3.63, 3.8) is 0 Å². The Labute approximate surface area is 91.6 Å². The number of fused-ring (bicyclic) bond motifs is 1. The smallest absolute Gasteiger partial charge is 0.333 e. The molecule has 0 amide bonds. The zero-order chi connectivity index (χ0) is 12.8. The molecule has 17 heavy (non-hydrogen) atoms. The average Bonchev–Trinajstić information content (AvgIpc) is 2.61. The van der Waals surface area contributed by atoms with Crippen LogP contribution in [0.3, 0.4) is 0 Å². The summed E-state index contributed by atoms with van der Waals surface area (Å²) < 4.78 is 37.1. The molecule has 0 fully saturated rings. The SMILES string of the molecule is Cc1c([N+](=O)[O-])cnc2nc(C(F)(F)F)[nH]c12. The molecule has 0 atom stereocenters. The highest BCUT2D eigenvalue weighted by Crippen LogP contribution is 2.30. The Bertz CT molecular complexity index is 605. The van der Waals surface area contributed by atoms with Gasteiger partial charge in [0.15, 0.2) is 5.65 Å². The van der Waals surface area contributed by atoms with Crippen molar-refractivity contribution in [2.75, 3.05) is 0 Å². The second-order valence-corrected chi connectivity index (χ2v) is 3.31. The maximum Gasteiger partial charge on any atom is 0.449 e. The van der Waals surface area contributed by atoms with Crippen LogP contribution in [0, 0.1) is 17.0 Å². The van der Waals surface area contributed by atoms with E-state index in [2.05, 4.69) is 9.97 Å². The third-order valence-electron chi connectivity index (χ3n) is 2.22. The van der Waals surface area contributed by atoms with Crippen molar-refractivity contribution in [1.29, 1.82) is 0 Å². The lowest BCUT2D eigenvalue weighted by molar-refractivity contribution is -0.385. The quantitative estimate of drug-likeness (QED) is 0.617. The van der Waals surface area contributed by atoms with Gasteiger partial charge in [-0.2, -0.15) is 13.2 Å². The molecule has 2 rings (SSSR count). The van der Waals surface area contributed by atoms with Crippen LogP contribution in [0.1, 0.15) is 11.4 Å². The fraction of sp³-hybridized carbons (Fsp3) is 0.250. The lowest BCUT2D eigenvalue weighted by atomic mass is 10.2. The average molecular weight is 246 g/mol. The largest absolute Gasteiger partial charge is 0.449 e. The molecule has 2 aromatic heterocycles. The topological polar surface area (TPSA) is 84.7 Å². The summed E-state index contributed by atoms with van der Waals surface area (Å²) in [6, 6.07) is 0. The number of aryl methyl sites for hydroxylation is 1. The second-order valence-electron chi connectivity index (χ2n) is 3.31. The Kier molecular flexibility index (Phi) is 2.26. The van der Waals surface area contributed by atoms with Gasteiger partial charge in [0.05, 0.1) is 16.0 Å². The van der Waals surface area contributed by atoms with E-state index in [9.17, 15) is 23.3 Å². The number of nitrogens with zero attached hydrogens (tertiary/aromatic N) is 3. The molecule has 90 valence electrons. The van der Waals surface area contributed by atoms with Gasteiger partial charge in [-0.05, 0) is 6.92 Å². The van der Waals surface area contributed by atoms with E-state index < -0.39 is 16.9 Å². The summed E-state index contributed by atoms with van der Waals surface area (Å²) in [6.45, 7) is 1.33. The Balaban J connectivity index is 2.70. The van der Waals surface area contributed by atoms with Gasteiger partial charge in [-0.25, -0.2) is 9.97 Å². The van der Waals surface area contributed by atoms with E-state index in [1.54, 1.807) is 0 Å². The molecule has 0 aliphatic heterocycles. The highest BCUT2D eigenvalue weighted by atomic mass is 19.4. The number of aromatic nitrogens is 3. The van der Waals surface area contributed by atoms with E-state index >= 15 is 0 Å². The number of aromatic amines is 1. The normalized spacial score (nSPS) is 12.0. The summed E-state index contributed by atoms with van der Waals surface area (Å²) in [5.41, 5.74) is -0.551. The van der Waals surface area contributed by atoms with E-state index in [0.29, 0.717) is 0 Å². The molecule has 1 N–H and O–H groups in total. The monoisotopic (exact) mass is 246 g/mol. The minimum Gasteiger partial charge on any atom is -0.333 e. The molecule has 0 saturated carbocycles. The highest BCUT2D eigenvalue weighted by molar-refractivity contribution is 5.78. The lowest BCUT2D eigenvalue weighted by Gasteiger charge is -1.99. The van der Waals surface area contributed by atoms with Crippen LogP contribution < -0.4 is 0 Å². The lowest BCUT2D eigenvalue weighted by Crippen LogP contribution is -2.06.